The first-order chi connectivity index (χ1) is 8.61. The quantitative estimate of drug-likeness (QED) is 0.866. The number of halogens is 1. The van der Waals surface area contributed by atoms with Gasteiger partial charge in [-0.2, -0.15) is 0 Å². The molecule has 0 unspecified atom stereocenters. The smallest absolute Gasteiger partial charge is 0.106 e. The summed E-state index contributed by atoms with van der Waals surface area (Å²) in [4.78, 5) is 2.69. The second-order valence-corrected chi connectivity index (χ2v) is 5.32. The van der Waals surface area contributed by atoms with Crippen LogP contribution >= 0.6 is 23.8 Å². The summed E-state index contributed by atoms with van der Waals surface area (Å²) < 4.78 is 5.37. The van der Waals surface area contributed by atoms with Crippen LogP contribution in [0.5, 0.6) is 0 Å². The Hall–Kier alpha value is -0.840. The lowest BCUT2D eigenvalue weighted by molar-refractivity contribution is 0.0819. The fourth-order valence-corrected chi connectivity index (χ4v) is 2.65. The van der Waals surface area contributed by atoms with Gasteiger partial charge in [0.1, 0.15) is 4.99 Å². The molecule has 18 heavy (non-hydrogen) atoms. The molecule has 1 saturated heterocycles. The van der Waals surface area contributed by atoms with E-state index in [0.29, 0.717) is 16.1 Å². The van der Waals surface area contributed by atoms with Gasteiger partial charge in [-0.15, -0.1) is 0 Å². The number of ether oxygens (including phenoxy) is 1. The topological polar surface area (TPSA) is 38.5 Å². The molecule has 1 heterocycles. The number of nitrogens with two attached hydrogens (primary N) is 1. The van der Waals surface area contributed by atoms with E-state index < -0.39 is 0 Å². The van der Waals surface area contributed by atoms with E-state index in [1.165, 1.54) is 0 Å². The fourth-order valence-electron chi connectivity index (χ4n) is 2.31. The third-order valence-electron chi connectivity index (χ3n) is 3.34. The SMILES string of the molecule is COC1CCN(c2cc(Cl)ccc2C(N)=S)CC1. The van der Waals surface area contributed by atoms with E-state index in [9.17, 15) is 0 Å². The number of anilines is 1. The van der Waals surface area contributed by atoms with Gasteiger partial charge in [0.05, 0.1) is 6.10 Å². The maximum Gasteiger partial charge on any atom is 0.106 e. The van der Waals surface area contributed by atoms with Crippen molar-refractivity contribution in [3.8, 4) is 0 Å². The summed E-state index contributed by atoms with van der Waals surface area (Å²) in [5.41, 5.74) is 7.69. The van der Waals surface area contributed by atoms with Crippen molar-refractivity contribution in [2.24, 2.45) is 5.73 Å². The summed E-state index contributed by atoms with van der Waals surface area (Å²) in [5.74, 6) is 0. The summed E-state index contributed by atoms with van der Waals surface area (Å²) in [6.07, 6.45) is 2.38. The molecule has 3 nitrogen and oxygen atoms in total. The molecule has 5 heteroatoms. The normalized spacial score (nSPS) is 16.9. The van der Waals surface area contributed by atoms with Crippen molar-refractivity contribution in [3.63, 3.8) is 0 Å². The van der Waals surface area contributed by atoms with E-state index in [4.69, 9.17) is 34.3 Å². The van der Waals surface area contributed by atoms with E-state index in [0.717, 1.165) is 37.2 Å². The molecule has 0 saturated carbocycles. The minimum atomic E-state index is 0.355. The number of hydrogen-bond donors (Lipinski definition) is 1. The van der Waals surface area contributed by atoms with Crippen LogP contribution in [0.15, 0.2) is 18.2 Å². The van der Waals surface area contributed by atoms with Crippen LogP contribution in [-0.2, 0) is 4.74 Å². The van der Waals surface area contributed by atoms with Crippen molar-refractivity contribution < 1.29 is 4.74 Å². The van der Waals surface area contributed by atoms with Crippen molar-refractivity contribution >= 4 is 34.5 Å². The van der Waals surface area contributed by atoms with Crippen LogP contribution in [-0.4, -0.2) is 31.3 Å². The molecule has 0 spiro atoms. The van der Waals surface area contributed by atoms with Crippen molar-refractivity contribution in [2.75, 3.05) is 25.1 Å². The first-order valence-electron chi connectivity index (χ1n) is 5.99. The average Bonchev–Trinajstić information content (AvgIpc) is 2.38. The molecule has 0 amide bonds. The Morgan fingerprint density at radius 1 is 1.44 bits per heavy atom. The van der Waals surface area contributed by atoms with Gasteiger partial charge in [-0.05, 0) is 31.0 Å². The van der Waals surface area contributed by atoms with Gasteiger partial charge in [0.15, 0.2) is 0 Å². The highest BCUT2D eigenvalue weighted by molar-refractivity contribution is 7.80. The Balaban J connectivity index is 2.22. The van der Waals surface area contributed by atoms with Gasteiger partial charge in [-0.1, -0.05) is 23.8 Å². The Bertz CT molecular complexity index is 445. The molecule has 1 aliphatic heterocycles. The molecule has 1 fully saturated rings. The Labute approximate surface area is 118 Å². The highest BCUT2D eigenvalue weighted by Gasteiger charge is 2.21. The number of methoxy groups -OCH3 is 1. The lowest BCUT2D eigenvalue weighted by Crippen LogP contribution is -2.37. The van der Waals surface area contributed by atoms with Crippen LogP contribution in [0.25, 0.3) is 0 Å². The standard InChI is InChI=1S/C13H17ClN2OS/c1-17-10-4-6-16(7-5-10)12-8-9(14)2-3-11(12)13(15)18/h2-3,8,10H,4-7H2,1H3,(H2,15,18). The minimum Gasteiger partial charge on any atom is -0.389 e. The molecule has 2 N–H and O–H groups in total. The number of rotatable bonds is 3. The largest absolute Gasteiger partial charge is 0.389 e. The monoisotopic (exact) mass is 284 g/mol. The number of benzene rings is 1. The van der Waals surface area contributed by atoms with Crippen molar-refractivity contribution in [1.82, 2.24) is 0 Å². The Morgan fingerprint density at radius 3 is 2.67 bits per heavy atom. The molecule has 0 bridgehead atoms. The van der Waals surface area contributed by atoms with Gasteiger partial charge >= 0.3 is 0 Å². The average molecular weight is 285 g/mol. The van der Waals surface area contributed by atoms with Crippen LogP contribution in [0.2, 0.25) is 5.02 Å². The molecule has 0 aromatic heterocycles. The Morgan fingerprint density at radius 2 is 2.11 bits per heavy atom. The maximum atomic E-state index is 6.06. The molecular weight excluding hydrogens is 268 g/mol. The summed E-state index contributed by atoms with van der Waals surface area (Å²) in [6, 6.07) is 5.65. The molecule has 0 radical (unpaired) electrons. The number of nitrogens with zero attached hydrogens (tertiary/aromatic N) is 1. The molecule has 0 aliphatic carbocycles. The zero-order valence-corrected chi connectivity index (χ0v) is 11.9. The predicted octanol–water partition coefficient (Wildman–Crippen LogP) is 2.59. The molecule has 1 aliphatic rings. The van der Waals surface area contributed by atoms with Gasteiger partial charge in [-0.25, -0.2) is 0 Å². The van der Waals surface area contributed by atoms with Crippen LogP contribution in [0, 0.1) is 0 Å². The van der Waals surface area contributed by atoms with E-state index in [1.54, 1.807) is 7.11 Å². The van der Waals surface area contributed by atoms with E-state index in [1.807, 2.05) is 18.2 Å². The summed E-state index contributed by atoms with van der Waals surface area (Å²) in [7, 11) is 1.76. The van der Waals surface area contributed by atoms with E-state index in [2.05, 4.69) is 4.90 Å². The number of piperidine rings is 1. The lowest BCUT2D eigenvalue weighted by atomic mass is 10.0. The fraction of sp³-hybridized carbons (Fsp3) is 0.462. The van der Waals surface area contributed by atoms with Gasteiger partial charge in [0, 0.05) is 36.5 Å². The molecular formula is C13H17ClN2OS. The zero-order valence-electron chi connectivity index (χ0n) is 10.4. The first kappa shape index (κ1) is 13.6. The van der Waals surface area contributed by atoms with Crippen LogP contribution in [0.1, 0.15) is 18.4 Å². The van der Waals surface area contributed by atoms with Crippen LogP contribution in [0.4, 0.5) is 5.69 Å². The minimum absolute atomic E-state index is 0.355. The zero-order chi connectivity index (χ0) is 13.1. The molecule has 2 rings (SSSR count). The highest BCUT2D eigenvalue weighted by atomic mass is 35.5. The molecule has 1 aromatic rings. The van der Waals surface area contributed by atoms with Crippen molar-refractivity contribution in [1.29, 1.82) is 0 Å². The van der Waals surface area contributed by atoms with E-state index in [-0.39, 0.29) is 0 Å². The highest BCUT2D eigenvalue weighted by Crippen LogP contribution is 2.28. The second-order valence-electron chi connectivity index (χ2n) is 4.45. The number of hydrogen-bond acceptors (Lipinski definition) is 3. The molecule has 98 valence electrons. The third-order valence-corrected chi connectivity index (χ3v) is 3.80. The van der Waals surface area contributed by atoms with Gasteiger partial charge < -0.3 is 15.4 Å². The Kier molecular flexibility index (Phi) is 4.43. The summed E-state index contributed by atoms with van der Waals surface area (Å²) in [5, 5.41) is 0.707. The number of thiocarbonyl (C=S) groups is 1. The molecule has 1 aromatic carbocycles. The maximum absolute atomic E-state index is 6.06. The van der Waals surface area contributed by atoms with Gasteiger partial charge in [-0.3, -0.25) is 0 Å². The third kappa shape index (κ3) is 2.94. The predicted molar refractivity (Wildman–Crippen MR) is 79.6 cm³/mol. The second kappa shape index (κ2) is 5.87. The van der Waals surface area contributed by atoms with E-state index >= 15 is 0 Å². The van der Waals surface area contributed by atoms with Gasteiger partial charge in [0.2, 0.25) is 0 Å². The summed E-state index contributed by atoms with van der Waals surface area (Å²) >= 11 is 11.2. The first-order valence-corrected chi connectivity index (χ1v) is 6.77. The van der Waals surface area contributed by atoms with Crippen LogP contribution < -0.4 is 10.6 Å². The van der Waals surface area contributed by atoms with Gasteiger partial charge in [0.25, 0.3) is 0 Å². The van der Waals surface area contributed by atoms with Crippen molar-refractivity contribution in [3.05, 3.63) is 28.8 Å². The summed E-state index contributed by atoms with van der Waals surface area (Å²) in [6.45, 7) is 1.88. The lowest BCUT2D eigenvalue weighted by Gasteiger charge is -2.34. The molecule has 0 atom stereocenters. The van der Waals surface area contributed by atoms with Crippen molar-refractivity contribution in [2.45, 2.75) is 18.9 Å². The van der Waals surface area contributed by atoms with Crippen LogP contribution in [0.3, 0.4) is 0 Å².